The van der Waals surface area contributed by atoms with Crippen molar-refractivity contribution in [1.82, 2.24) is 9.96 Å². The average Bonchev–Trinajstić information content (AvgIpc) is 3.24. The zero-order valence-corrected chi connectivity index (χ0v) is 17.2. The first-order chi connectivity index (χ1) is 15.2. The molecule has 13 nitrogen and oxygen atoms in total. The number of hydrogen-bond donors (Lipinski definition) is 0. The summed E-state index contributed by atoms with van der Waals surface area (Å²) in [5.74, 6) is -5.01. The summed E-state index contributed by atoms with van der Waals surface area (Å²) in [5, 5.41) is 0.374. The summed E-state index contributed by atoms with van der Waals surface area (Å²) in [6.45, 7) is -0.929. The lowest BCUT2D eigenvalue weighted by atomic mass is 10.2. The third-order valence-electron chi connectivity index (χ3n) is 4.44. The van der Waals surface area contributed by atoms with Crippen molar-refractivity contribution < 1.29 is 52.7 Å². The lowest BCUT2D eigenvalue weighted by Gasteiger charge is -2.12. The van der Waals surface area contributed by atoms with E-state index in [1.807, 2.05) is 0 Å². The van der Waals surface area contributed by atoms with Gasteiger partial charge in [-0.15, -0.1) is 5.06 Å². The van der Waals surface area contributed by atoms with Crippen LogP contribution < -0.4 is 0 Å². The molecule has 2 aliphatic rings. The van der Waals surface area contributed by atoms with Gasteiger partial charge in [0.2, 0.25) is 11.8 Å². The number of Topliss-reactive ketones (excluding diaryl/α,β-unsaturated/α-hetero) is 1. The zero-order chi connectivity index (χ0) is 23.7. The van der Waals surface area contributed by atoms with E-state index in [2.05, 4.69) is 4.84 Å². The fourth-order valence-corrected chi connectivity index (χ4v) is 2.76. The van der Waals surface area contributed by atoms with Crippen molar-refractivity contribution in [1.29, 1.82) is 0 Å². The van der Waals surface area contributed by atoms with Crippen molar-refractivity contribution in [3.05, 3.63) is 0 Å². The highest BCUT2D eigenvalue weighted by molar-refractivity contribution is 6.05. The average molecular weight is 454 g/mol. The molecule has 174 valence electrons. The van der Waals surface area contributed by atoms with E-state index >= 15 is 0 Å². The Morgan fingerprint density at radius 2 is 1.06 bits per heavy atom. The highest BCUT2D eigenvalue weighted by Gasteiger charge is 2.33. The van der Waals surface area contributed by atoms with Crippen LogP contribution in [0.15, 0.2) is 0 Å². The first-order valence-corrected chi connectivity index (χ1v) is 9.90. The lowest BCUT2D eigenvalue weighted by Crippen LogP contribution is -2.34. The summed E-state index contributed by atoms with van der Waals surface area (Å²) in [5.41, 5.74) is 0. The first-order valence-electron chi connectivity index (χ1n) is 9.90. The van der Waals surface area contributed by atoms with E-state index in [0.29, 0.717) is 5.06 Å². The van der Waals surface area contributed by atoms with Gasteiger partial charge in [0, 0.05) is 32.1 Å². The number of imide groups is 2. The molecule has 0 bridgehead atoms. The van der Waals surface area contributed by atoms with Crippen molar-refractivity contribution in [2.24, 2.45) is 0 Å². The van der Waals surface area contributed by atoms with Gasteiger partial charge in [-0.1, -0.05) is 0 Å². The first kappa shape index (κ1) is 24.6. The second-order valence-corrected chi connectivity index (χ2v) is 6.90. The van der Waals surface area contributed by atoms with Crippen molar-refractivity contribution >= 4 is 47.3 Å². The molecule has 0 aliphatic carbocycles. The molecular weight excluding hydrogens is 432 g/mol. The number of ketones is 1. The van der Waals surface area contributed by atoms with Gasteiger partial charge in [-0.3, -0.25) is 38.5 Å². The number of nitrogens with zero attached hydrogens (tertiary/aromatic N) is 2. The topological polar surface area (TPSA) is 171 Å². The van der Waals surface area contributed by atoms with Crippen LogP contribution in [-0.2, 0) is 52.7 Å². The number of rotatable bonds is 12. The molecule has 13 heteroatoms. The maximum absolute atomic E-state index is 11.8. The van der Waals surface area contributed by atoms with Gasteiger partial charge in [0.15, 0.2) is 5.78 Å². The minimum Gasteiger partial charge on any atom is -0.462 e. The molecule has 0 unspecified atom stereocenters. The molecule has 0 spiro atoms. The van der Waals surface area contributed by atoms with E-state index in [-0.39, 0.29) is 64.7 Å². The number of hydrogen-bond acceptors (Lipinski definition) is 11. The number of amides is 4. The predicted molar refractivity (Wildman–Crippen MR) is 98.5 cm³/mol. The Labute approximate surface area is 181 Å². The normalized spacial score (nSPS) is 15.9. The number of hydroxylamine groups is 2. The van der Waals surface area contributed by atoms with Crippen LogP contribution in [0.5, 0.6) is 0 Å². The van der Waals surface area contributed by atoms with Crippen molar-refractivity contribution in [2.45, 2.75) is 51.4 Å². The van der Waals surface area contributed by atoms with Crippen LogP contribution in [0.1, 0.15) is 51.4 Å². The minimum atomic E-state index is -0.945. The molecule has 0 atom stereocenters. The maximum Gasteiger partial charge on any atom is 0.333 e. The van der Waals surface area contributed by atoms with Gasteiger partial charge in [0.25, 0.3) is 11.8 Å². The monoisotopic (exact) mass is 454 g/mol. The predicted octanol–water partition coefficient (Wildman–Crippen LogP) is -1.04. The van der Waals surface area contributed by atoms with Crippen molar-refractivity contribution in [3.63, 3.8) is 0 Å². The number of carbonyl (C=O) groups is 8. The van der Waals surface area contributed by atoms with Crippen LogP contribution in [0.2, 0.25) is 0 Å². The summed E-state index contributed by atoms with van der Waals surface area (Å²) in [4.78, 5) is 97.5. The Kier molecular flexibility index (Phi) is 8.98. The van der Waals surface area contributed by atoms with Gasteiger partial charge in [0.05, 0.1) is 25.8 Å². The van der Waals surface area contributed by atoms with Gasteiger partial charge in [-0.25, -0.2) is 4.79 Å². The molecule has 4 amide bonds. The molecule has 32 heavy (non-hydrogen) atoms. The Morgan fingerprint density at radius 3 is 1.59 bits per heavy atom. The molecule has 2 aliphatic heterocycles. The molecule has 0 aromatic rings. The second kappa shape index (κ2) is 11.7. The fraction of sp³-hybridized carbons (Fsp3) is 0.579. The summed E-state index contributed by atoms with van der Waals surface area (Å²) in [6, 6.07) is 0. The van der Waals surface area contributed by atoms with E-state index < -0.39 is 53.7 Å². The molecule has 2 fully saturated rings. The van der Waals surface area contributed by atoms with Crippen LogP contribution in [0.4, 0.5) is 0 Å². The van der Waals surface area contributed by atoms with Crippen LogP contribution in [0.25, 0.3) is 0 Å². The zero-order valence-electron chi connectivity index (χ0n) is 17.2. The van der Waals surface area contributed by atoms with Gasteiger partial charge < -0.3 is 14.3 Å². The third-order valence-corrected chi connectivity index (χ3v) is 4.44. The number of ether oxygens (including phenoxy) is 2. The standard InChI is InChI=1S/C19H22N2O11/c22-12(11-20-13(23)2-3-14(20)24)1-6-17(27)30-9-10-31-18(28)7-8-19(29)32-21-15(25)4-5-16(21)26/h1-11H2. The Morgan fingerprint density at radius 1 is 0.625 bits per heavy atom. The van der Waals surface area contributed by atoms with E-state index in [4.69, 9.17) is 9.47 Å². The van der Waals surface area contributed by atoms with Crippen molar-refractivity contribution in [2.75, 3.05) is 19.8 Å². The summed E-state index contributed by atoms with van der Waals surface area (Å²) >= 11 is 0. The number of likely N-dealkylation sites (tertiary alicyclic amines) is 1. The van der Waals surface area contributed by atoms with Crippen LogP contribution in [0.3, 0.4) is 0 Å². The van der Waals surface area contributed by atoms with Gasteiger partial charge in [0.1, 0.15) is 13.2 Å². The van der Waals surface area contributed by atoms with Crippen LogP contribution in [0, 0.1) is 0 Å². The largest absolute Gasteiger partial charge is 0.462 e. The Bertz CT molecular complexity index is 735. The summed E-state index contributed by atoms with van der Waals surface area (Å²) in [7, 11) is 0. The van der Waals surface area contributed by atoms with Gasteiger partial charge in [-0.2, -0.15) is 0 Å². The highest BCUT2D eigenvalue weighted by Crippen LogP contribution is 2.13. The smallest absolute Gasteiger partial charge is 0.333 e. The highest BCUT2D eigenvalue weighted by atomic mass is 16.7. The lowest BCUT2D eigenvalue weighted by molar-refractivity contribution is -0.197. The third kappa shape index (κ3) is 7.56. The second-order valence-electron chi connectivity index (χ2n) is 6.90. The quantitative estimate of drug-likeness (QED) is 0.200. The SMILES string of the molecule is O=C(CCC(=O)OCCOC(=O)CCC(=O)ON1C(=O)CCC1=O)CN1C(=O)CCC1=O. The summed E-state index contributed by atoms with van der Waals surface area (Å²) < 4.78 is 9.58. The molecule has 2 heterocycles. The van der Waals surface area contributed by atoms with Gasteiger partial charge in [-0.05, 0) is 0 Å². The fourth-order valence-electron chi connectivity index (χ4n) is 2.76. The van der Waals surface area contributed by atoms with Crippen LogP contribution >= 0.6 is 0 Å². The van der Waals surface area contributed by atoms with E-state index in [1.165, 1.54) is 0 Å². The summed E-state index contributed by atoms with van der Waals surface area (Å²) in [6.07, 6.45) is -1.19. The molecule has 0 aromatic heterocycles. The molecule has 0 N–H and O–H groups in total. The van der Waals surface area contributed by atoms with Crippen molar-refractivity contribution in [3.8, 4) is 0 Å². The van der Waals surface area contributed by atoms with E-state index in [1.54, 1.807) is 0 Å². The van der Waals surface area contributed by atoms with E-state index in [0.717, 1.165) is 4.90 Å². The molecule has 0 radical (unpaired) electrons. The molecule has 0 aromatic carbocycles. The number of esters is 2. The minimum absolute atomic E-state index is 0.0428. The number of carbonyl (C=O) groups excluding carboxylic acids is 8. The Hall–Kier alpha value is -3.64. The molecule has 0 saturated carbocycles. The van der Waals surface area contributed by atoms with Crippen LogP contribution in [-0.4, -0.2) is 77.0 Å². The molecule has 2 saturated heterocycles. The van der Waals surface area contributed by atoms with Gasteiger partial charge >= 0.3 is 17.9 Å². The van der Waals surface area contributed by atoms with E-state index in [9.17, 15) is 38.4 Å². The maximum atomic E-state index is 11.8. The molecule has 2 rings (SSSR count). The Balaban J connectivity index is 1.52. The molecular formula is C19H22N2O11.